The molecule has 0 spiro atoms. The van der Waals surface area contributed by atoms with Gasteiger partial charge in [0, 0.05) is 17.8 Å². The highest BCUT2D eigenvalue weighted by molar-refractivity contribution is 5.88. The van der Waals surface area contributed by atoms with E-state index in [0.29, 0.717) is 17.8 Å². The quantitative estimate of drug-likeness (QED) is 0.790. The molecule has 4 rings (SSSR count). The first kappa shape index (κ1) is 16.3. The molecule has 23 heavy (non-hydrogen) atoms. The summed E-state index contributed by atoms with van der Waals surface area (Å²) in [5.41, 5.74) is -0.284. The van der Waals surface area contributed by atoms with Crippen LogP contribution in [-0.2, 0) is 14.3 Å². The smallest absolute Gasteiger partial charge is 0.328 e. The van der Waals surface area contributed by atoms with Gasteiger partial charge in [0.1, 0.15) is 6.04 Å². The van der Waals surface area contributed by atoms with Gasteiger partial charge in [0.15, 0.2) is 0 Å². The summed E-state index contributed by atoms with van der Waals surface area (Å²) in [6.07, 6.45) is 6.94. The molecule has 4 fully saturated rings. The number of nitriles is 1. The molecule has 0 aromatic carbocycles. The highest BCUT2D eigenvalue weighted by Gasteiger charge is 2.55. The van der Waals surface area contributed by atoms with Crippen LogP contribution >= 0.6 is 0 Å². The standard InChI is InChI=1S/C18H26N2O3/c1-11(3-4-19)15(16(21)23-2)20-17(22)18-8-12-5-13(9-18)7-14(6-12)10-18/h11-15H,3,5-10H2,1-2H3,(H,20,22)/t11-,12?,13?,14?,15+,18?/m0/s1. The Kier molecular flexibility index (Phi) is 4.35. The summed E-state index contributed by atoms with van der Waals surface area (Å²) in [5, 5.41) is 11.8. The van der Waals surface area contributed by atoms with Crippen molar-refractivity contribution >= 4 is 11.9 Å². The molecule has 1 amide bonds. The lowest BCUT2D eigenvalue weighted by molar-refractivity contribution is -0.154. The maximum absolute atomic E-state index is 13.0. The number of hydrogen-bond donors (Lipinski definition) is 1. The number of nitrogens with one attached hydrogen (secondary N) is 1. The maximum Gasteiger partial charge on any atom is 0.328 e. The van der Waals surface area contributed by atoms with E-state index in [1.807, 2.05) is 6.92 Å². The molecule has 0 saturated heterocycles. The van der Waals surface area contributed by atoms with Gasteiger partial charge >= 0.3 is 5.97 Å². The van der Waals surface area contributed by atoms with Crippen molar-refractivity contribution in [2.45, 2.75) is 57.9 Å². The van der Waals surface area contributed by atoms with E-state index in [9.17, 15) is 9.59 Å². The minimum atomic E-state index is -0.722. The van der Waals surface area contributed by atoms with Crippen molar-refractivity contribution in [1.29, 1.82) is 5.26 Å². The predicted molar refractivity (Wildman–Crippen MR) is 83.9 cm³/mol. The van der Waals surface area contributed by atoms with E-state index in [2.05, 4.69) is 11.4 Å². The number of rotatable bonds is 5. The molecule has 0 radical (unpaired) electrons. The average Bonchev–Trinajstić information content (AvgIpc) is 2.50. The minimum absolute atomic E-state index is 0.0109. The van der Waals surface area contributed by atoms with Gasteiger partial charge in [-0.15, -0.1) is 0 Å². The fraction of sp³-hybridized carbons (Fsp3) is 0.833. The zero-order valence-electron chi connectivity index (χ0n) is 14.0. The molecule has 0 heterocycles. The van der Waals surface area contributed by atoms with Gasteiger partial charge in [0.25, 0.3) is 0 Å². The second kappa shape index (κ2) is 6.14. The van der Waals surface area contributed by atoms with E-state index in [1.54, 1.807) is 0 Å². The first-order chi connectivity index (χ1) is 11.0. The molecule has 0 aromatic rings. The molecule has 5 heteroatoms. The SMILES string of the molecule is COC(=O)[C@H](NC(=O)C12CC3CC(CC(C3)C1)C2)[C@@H](C)CC#N. The van der Waals surface area contributed by atoms with Crippen LogP contribution in [0.1, 0.15) is 51.9 Å². The number of methoxy groups -OCH3 is 1. The topological polar surface area (TPSA) is 79.2 Å². The Labute approximate surface area is 137 Å². The Morgan fingerprint density at radius 1 is 1.22 bits per heavy atom. The summed E-state index contributed by atoms with van der Waals surface area (Å²) in [6.45, 7) is 1.81. The van der Waals surface area contributed by atoms with Crippen LogP contribution < -0.4 is 5.32 Å². The minimum Gasteiger partial charge on any atom is -0.467 e. The average molecular weight is 318 g/mol. The van der Waals surface area contributed by atoms with Crippen LogP contribution in [0.25, 0.3) is 0 Å². The molecule has 0 aromatic heterocycles. The monoisotopic (exact) mass is 318 g/mol. The molecule has 0 unspecified atom stereocenters. The van der Waals surface area contributed by atoms with Crippen LogP contribution in [0.5, 0.6) is 0 Å². The highest BCUT2D eigenvalue weighted by atomic mass is 16.5. The summed E-state index contributed by atoms with van der Waals surface area (Å²) in [4.78, 5) is 25.1. The molecule has 126 valence electrons. The molecule has 4 saturated carbocycles. The van der Waals surface area contributed by atoms with Crippen LogP contribution in [0, 0.1) is 40.4 Å². The summed E-state index contributed by atoms with van der Waals surface area (Å²) < 4.78 is 4.84. The van der Waals surface area contributed by atoms with Gasteiger partial charge in [-0.2, -0.15) is 5.26 Å². The molecule has 2 atom stereocenters. The molecular formula is C18H26N2O3. The van der Waals surface area contributed by atoms with E-state index >= 15 is 0 Å². The summed E-state index contributed by atoms with van der Waals surface area (Å²) in [6, 6.07) is 1.35. The van der Waals surface area contributed by atoms with Gasteiger partial charge < -0.3 is 10.1 Å². The number of ether oxygens (including phenoxy) is 1. The van der Waals surface area contributed by atoms with Gasteiger partial charge in [-0.25, -0.2) is 4.79 Å². The summed E-state index contributed by atoms with van der Waals surface area (Å²) in [5.74, 6) is 1.35. The number of esters is 1. The second-order valence-corrected chi connectivity index (χ2v) is 8.01. The van der Waals surface area contributed by atoms with E-state index in [0.717, 1.165) is 19.3 Å². The van der Waals surface area contributed by atoms with Crippen molar-refractivity contribution in [2.24, 2.45) is 29.1 Å². The lowest BCUT2D eigenvalue weighted by Crippen LogP contribution is -2.57. The molecule has 4 aliphatic carbocycles. The van der Waals surface area contributed by atoms with Crippen molar-refractivity contribution in [3.05, 3.63) is 0 Å². The maximum atomic E-state index is 13.0. The largest absolute Gasteiger partial charge is 0.467 e. The van der Waals surface area contributed by atoms with Crippen molar-refractivity contribution in [2.75, 3.05) is 7.11 Å². The molecule has 5 nitrogen and oxygen atoms in total. The van der Waals surface area contributed by atoms with Gasteiger partial charge in [-0.05, 0) is 56.3 Å². The van der Waals surface area contributed by atoms with Crippen LogP contribution in [0.2, 0.25) is 0 Å². The first-order valence-electron chi connectivity index (χ1n) is 8.73. The van der Waals surface area contributed by atoms with Gasteiger partial charge in [-0.3, -0.25) is 4.79 Å². The van der Waals surface area contributed by atoms with Crippen molar-refractivity contribution in [3.63, 3.8) is 0 Å². The molecule has 1 N–H and O–H groups in total. The van der Waals surface area contributed by atoms with Gasteiger partial charge in [-0.1, -0.05) is 6.92 Å². The van der Waals surface area contributed by atoms with Gasteiger partial charge in [0.05, 0.1) is 13.2 Å². The second-order valence-electron chi connectivity index (χ2n) is 8.01. The lowest BCUT2D eigenvalue weighted by Gasteiger charge is -2.55. The molecule has 4 bridgehead atoms. The van der Waals surface area contributed by atoms with Crippen LogP contribution in [0.3, 0.4) is 0 Å². The predicted octanol–water partition coefficient (Wildman–Crippen LogP) is 2.41. The van der Waals surface area contributed by atoms with E-state index < -0.39 is 12.0 Å². The number of carbonyl (C=O) groups excluding carboxylic acids is 2. The fourth-order valence-corrected chi connectivity index (χ4v) is 5.51. The fourth-order valence-electron chi connectivity index (χ4n) is 5.51. The Hall–Kier alpha value is -1.57. The third kappa shape index (κ3) is 2.96. The molecule has 0 aliphatic heterocycles. The zero-order chi connectivity index (χ0) is 16.6. The third-order valence-corrected chi connectivity index (χ3v) is 6.24. The molecular weight excluding hydrogens is 292 g/mol. The zero-order valence-corrected chi connectivity index (χ0v) is 14.0. The lowest BCUT2D eigenvalue weighted by atomic mass is 9.49. The summed E-state index contributed by atoms with van der Waals surface area (Å²) >= 11 is 0. The first-order valence-corrected chi connectivity index (χ1v) is 8.73. The van der Waals surface area contributed by atoms with Gasteiger partial charge in [0.2, 0.25) is 5.91 Å². The van der Waals surface area contributed by atoms with E-state index in [-0.39, 0.29) is 23.7 Å². The van der Waals surface area contributed by atoms with Crippen molar-refractivity contribution in [3.8, 4) is 6.07 Å². The van der Waals surface area contributed by atoms with Crippen LogP contribution in [0.4, 0.5) is 0 Å². The Bertz CT molecular complexity index is 502. The Morgan fingerprint density at radius 2 is 1.74 bits per heavy atom. The Morgan fingerprint density at radius 3 is 2.17 bits per heavy atom. The number of nitrogens with zero attached hydrogens (tertiary/aromatic N) is 1. The number of hydrogen-bond acceptors (Lipinski definition) is 4. The van der Waals surface area contributed by atoms with Crippen molar-refractivity contribution in [1.82, 2.24) is 5.32 Å². The normalized spacial score (nSPS) is 36.8. The highest BCUT2D eigenvalue weighted by Crippen LogP contribution is 2.60. The summed E-state index contributed by atoms with van der Waals surface area (Å²) in [7, 11) is 1.32. The third-order valence-electron chi connectivity index (χ3n) is 6.24. The van der Waals surface area contributed by atoms with Crippen LogP contribution in [0.15, 0.2) is 0 Å². The number of amides is 1. The molecule has 4 aliphatic rings. The van der Waals surface area contributed by atoms with E-state index in [4.69, 9.17) is 10.00 Å². The van der Waals surface area contributed by atoms with Crippen molar-refractivity contribution < 1.29 is 14.3 Å². The Balaban J connectivity index is 1.74. The van der Waals surface area contributed by atoms with E-state index in [1.165, 1.54) is 26.4 Å². The number of carbonyl (C=O) groups is 2. The van der Waals surface area contributed by atoms with Crippen LogP contribution in [-0.4, -0.2) is 25.0 Å².